The minimum absolute atomic E-state index is 0.819. The van der Waals surface area contributed by atoms with Gasteiger partial charge in [0.25, 0.3) is 0 Å². The molecule has 0 unspecified atom stereocenters. The summed E-state index contributed by atoms with van der Waals surface area (Å²) in [4.78, 5) is 0. The van der Waals surface area contributed by atoms with Crippen molar-refractivity contribution in [2.45, 2.75) is 19.2 Å². The molecule has 2 nitrogen and oxygen atoms in total. The maximum absolute atomic E-state index is 4.33. The van der Waals surface area contributed by atoms with Crippen LogP contribution in [0.3, 0.4) is 0 Å². The zero-order valence-corrected chi connectivity index (χ0v) is 10.5. The van der Waals surface area contributed by atoms with Gasteiger partial charge in [0.2, 0.25) is 0 Å². The first kappa shape index (κ1) is 10.4. The fraction of sp³-hybridized carbons (Fsp3) is 0.250. The molecule has 0 spiro atoms. The summed E-state index contributed by atoms with van der Waals surface area (Å²) in [5.41, 5.74) is 4.83. The maximum Gasteiger partial charge on any atom is 0.0654 e. The Morgan fingerprint density at radius 2 is 1.87 bits per heavy atom. The van der Waals surface area contributed by atoms with E-state index in [2.05, 4.69) is 53.1 Å². The highest BCUT2D eigenvalue weighted by Gasteiger charge is 2.04. The second kappa shape index (κ2) is 4.19. The summed E-state index contributed by atoms with van der Waals surface area (Å²) in [5.74, 6) is 0. The highest BCUT2D eigenvalue weighted by atomic mass is 79.9. The Morgan fingerprint density at radius 1 is 1.20 bits per heavy atom. The molecular weight excluding hydrogens is 252 g/mol. The molecule has 0 atom stereocenters. The summed E-state index contributed by atoms with van der Waals surface area (Å²) in [6.45, 7) is 4.21. The molecule has 2 aromatic rings. The molecule has 0 aliphatic carbocycles. The predicted molar refractivity (Wildman–Crippen MR) is 65.7 cm³/mol. The second-order valence-electron chi connectivity index (χ2n) is 3.71. The number of halogens is 1. The Kier molecular flexibility index (Phi) is 2.91. The highest BCUT2D eigenvalue weighted by Crippen LogP contribution is 2.16. The van der Waals surface area contributed by atoms with Gasteiger partial charge < -0.3 is 0 Å². The summed E-state index contributed by atoms with van der Waals surface area (Å²) < 4.78 is 1.97. The summed E-state index contributed by atoms with van der Waals surface area (Å²) in [6, 6.07) is 8.48. The fourth-order valence-corrected chi connectivity index (χ4v) is 2.16. The number of alkyl halides is 1. The quantitative estimate of drug-likeness (QED) is 0.761. The van der Waals surface area contributed by atoms with Gasteiger partial charge in [-0.3, -0.25) is 0 Å². The van der Waals surface area contributed by atoms with Gasteiger partial charge in [-0.25, -0.2) is 4.68 Å². The molecule has 3 heteroatoms. The van der Waals surface area contributed by atoms with Crippen molar-refractivity contribution in [1.29, 1.82) is 0 Å². The van der Waals surface area contributed by atoms with Crippen molar-refractivity contribution in [2.75, 3.05) is 0 Å². The van der Waals surface area contributed by atoms with Crippen LogP contribution in [0.15, 0.2) is 30.5 Å². The molecule has 1 heterocycles. The van der Waals surface area contributed by atoms with Crippen molar-refractivity contribution in [1.82, 2.24) is 9.78 Å². The van der Waals surface area contributed by atoms with E-state index in [0.717, 1.165) is 11.0 Å². The van der Waals surface area contributed by atoms with Crippen molar-refractivity contribution >= 4 is 15.9 Å². The maximum atomic E-state index is 4.33. The number of nitrogens with zero attached hydrogens (tertiary/aromatic N) is 2. The molecule has 0 N–H and O–H groups in total. The first-order valence-electron chi connectivity index (χ1n) is 4.88. The van der Waals surface area contributed by atoms with E-state index in [-0.39, 0.29) is 0 Å². The lowest BCUT2D eigenvalue weighted by Gasteiger charge is -2.07. The number of benzene rings is 1. The lowest BCUT2D eigenvalue weighted by molar-refractivity contribution is 0.841. The molecule has 0 saturated carbocycles. The van der Waals surface area contributed by atoms with Gasteiger partial charge in [0.05, 0.1) is 11.4 Å². The van der Waals surface area contributed by atoms with E-state index in [1.807, 2.05) is 16.9 Å². The number of aryl methyl sites for hydroxylation is 2. The van der Waals surface area contributed by atoms with Crippen molar-refractivity contribution in [2.24, 2.45) is 0 Å². The average molecular weight is 265 g/mol. The molecule has 0 fully saturated rings. The van der Waals surface area contributed by atoms with Crippen LogP contribution in [0.4, 0.5) is 0 Å². The molecule has 0 aliphatic heterocycles. The SMILES string of the molecule is Cc1cc(C)cc(-n2nccc2CBr)c1. The van der Waals surface area contributed by atoms with Crippen LogP contribution in [0.25, 0.3) is 5.69 Å². The molecule has 0 aliphatic rings. The second-order valence-corrected chi connectivity index (χ2v) is 4.27. The summed E-state index contributed by atoms with van der Waals surface area (Å²) in [6.07, 6.45) is 1.83. The molecule has 78 valence electrons. The van der Waals surface area contributed by atoms with Crippen LogP contribution >= 0.6 is 15.9 Å². The molecule has 0 radical (unpaired) electrons. The number of rotatable bonds is 2. The Labute approximate surface area is 98.1 Å². The van der Waals surface area contributed by atoms with E-state index in [4.69, 9.17) is 0 Å². The smallest absolute Gasteiger partial charge is 0.0654 e. The van der Waals surface area contributed by atoms with Gasteiger partial charge in [0.15, 0.2) is 0 Å². The Bertz CT molecular complexity index is 454. The van der Waals surface area contributed by atoms with Crippen LogP contribution in [0.1, 0.15) is 16.8 Å². The van der Waals surface area contributed by atoms with Gasteiger partial charge in [-0.15, -0.1) is 0 Å². The molecule has 15 heavy (non-hydrogen) atoms. The van der Waals surface area contributed by atoms with E-state index in [9.17, 15) is 0 Å². The van der Waals surface area contributed by atoms with E-state index in [1.165, 1.54) is 16.8 Å². The predicted octanol–water partition coefficient (Wildman–Crippen LogP) is 3.38. The number of aromatic nitrogens is 2. The van der Waals surface area contributed by atoms with Gasteiger partial charge in [0, 0.05) is 11.5 Å². The van der Waals surface area contributed by atoms with Gasteiger partial charge in [0.1, 0.15) is 0 Å². The van der Waals surface area contributed by atoms with Crippen LogP contribution in [-0.4, -0.2) is 9.78 Å². The Balaban J connectivity index is 2.53. The largest absolute Gasteiger partial charge is 0.237 e. The van der Waals surface area contributed by atoms with E-state index in [1.54, 1.807) is 0 Å². The van der Waals surface area contributed by atoms with E-state index in [0.29, 0.717) is 0 Å². The van der Waals surface area contributed by atoms with Crippen molar-refractivity contribution in [3.63, 3.8) is 0 Å². The Hall–Kier alpha value is -1.09. The van der Waals surface area contributed by atoms with Gasteiger partial charge in [-0.2, -0.15) is 5.10 Å². The van der Waals surface area contributed by atoms with Gasteiger partial charge >= 0.3 is 0 Å². The molecule has 1 aromatic carbocycles. The van der Waals surface area contributed by atoms with Crippen molar-refractivity contribution < 1.29 is 0 Å². The van der Waals surface area contributed by atoms with Crippen LogP contribution in [-0.2, 0) is 5.33 Å². The Morgan fingerprint density at radius 3 is 2.47 bits per heavy atom. The molecule has 0 amide bonds. The monoisotopic (exact) mass is 264 g/mol. The lowest BCUT2D eigenvalue weighted by atomic mass is 10.1. The number of hydrogen-bond donors (Lipinski definition) is 0. The third kappa shape index (κ3) is 2.12. The highest BCUT2D eigenvalue weighted by molar-refractivity contribution is 9.08. The minimum Gasteiger partial charge on any atom is -0.237 e. The number of hydrogen-bond acceptors (Lipinski definition) is 1. The molecule has 2 rings (SSSR count). The zero-order chi connectivity index (χ0) is 10.8. The molecule has 0 bridgehead atoms. The van der Waals surface area contributed by atoms with Crippen LogP contribution < -0.4 is 0 Å². The molecule has 0 saturated heterocycles. The van der Waals surface area contributed by atoms with E-state index < -0.39 is 0 Å². The minimum atomic E-state index is 0.819. The first-order valence-corrected chi connectivity index (χ1v) is 6.00. The summed E-state index contributed by atoms with van der Waals surface area (Å²) in [5, 5.41) is 5.15. The third-order valence-corrected chi connectivity index (χ3v) is 2.88. The first-order chi connectivity index (χ1) is 7.20. The normalized spacial score (nSPS) is 10.6. The third-order valence-electron chi connectivity index (χ3n) is 2.31. The van der Waals surface area contributed by atoms with Crippen molar-refractivity contribution in [3.8, 4) is 5.69 Å². The van der Waals surface area contributed by atoms with Crippen LogP contribution in [0.5, 0.6) is 0 Å². The topological polar surface area (TPSA) is 17.8 Å². The lowest BCUT2D eigenvalue weighted by Crippen LogP contribution is -2.01. The standard InChI is InChI=1S/C12H13BrN2/c1-9-5-10(2)7-12(6-9)15-11(8-13)3-4-14-15/h3-7H,8H2,1-2H3. The average Bonchev–Trinajstić information content (AvgIpc) is 2.63. The van der Waals surface area contributed by atoms with Crippen LogP contribution in [0, 0.1) is 13.8 Å². The summed E-state index contributed by atoms with van der Waals surface area (Å²) in [7, 11) is 0. The fourth-order valence-electron chi connectivity index (χ4n) is 1.74. The molecule has 1 aromatic heterocycles. The molecular formula is C12H13BrN2. The van der Waals surface area contributed by atoms with Gasteiger partial charge in [-0.1, -0.05) is 22.0 Å². The van der Waals surface area contributed by atoms with E-state index >= 15 is 0 Å². The summed E-state index contributed by atoms with van der Waals surface area (Å²) >= 11 is 3.46. The van der Waals surface area contributed by atoms with Crippen molar-refractivity contribution in [3.05, 3.63) is 47.3 Å². The zero-order valence-electron chi connectivity index (χ0n) is 8.87. The van der Waals surface area contributed by atoms with Crippen LogP contribution in [0.2, 0.25) is 0 Å². The van der Waals surface area contributed by atoms with Gasteiger partial charge in [-0.05, 0) is 43.2 Å².